The van der Waals surface area contributed by atoms with Crippen LogP contribution in [0.25, 0.3) is 0 Å². The fraction of sp³-hybridized carbons (Fsp3) is 0.632. The molecule has 0 radical (unpaired) electrons. The minimum Gasteiger partial charge on any atom is -0.399 e. The number of amides is 1. The van der Waals surface area contributed by atoms with E-state index in [1.165, 1.54) is 37.7 Å². The van der Waals surface area contributed by atoms with E-state index in [4.69, 9.17) is 5.73 Å². The number of unbranched alkanes of at least 4 members (excludes halogenated alkanes) is 1. The average Bonchev–Trinajstić information content (AvgIpc) is 2.55. The molecule has 3 N–H and O–H groups in total. The summed E-state index contributed by atoms with van der Waals surface area (Å²) < 4.78 is 0. The van der Waals surface area contributed by atoms with Gasteiger partial charge in [-0.2, -0.15) is 0 Å². The zero-order chi connectivity index (χ0) is 15.8. The molecule has 2 rings (SSSR count). The Morgan fingerprint density at radius 2 is 1.86 bits per heavy atom. The van der Waals surface area contributed by atoms with Gasteiger partial charge in [0.2, 0.25) is 5.91 Å². The highest BCUT2D eigenvalue weighted by Crippen LogP contribution is 2.31. The molecule has 1 saturated carbocycles. The van der Waals surface area contributed by atoms with Crippen LogP contribution in [-0.2, 0) is 11.2 Å². The van der Waals surface area contributed by atoms with Gasteiger partial charge in [0.25, 0.3) is 0 Å². The molecule has 0 unspecified atom stereocenters. The molecule has 1 amide bonds. The minimum absolute atomic E-state index is 0.240. The van der Waals surface area contributed by atoms with Crippen molar-refractivity contribution >= 4 is 11.6 Å². The van der Waals surface area contributed by atoms with Crippen molar-refractivity contribution in [3.05, 3.63) is 29.8 Å². The fourth-order valence-corrected chi connectivity index (χ4v) is 3.36. The minimum atomic E-state index is 0.240. The first kappa shape index (κ1) is 16.9. The Morgan fingerprint density at radius 3 is 2.50 bits per heavy atom. The van der Waals surface area contributed by atoms with Gasteiger partial charge < -0.3 is 11.1 Å². The Morgan fingerprint density at radius 1 is 1.18 bits per heavy atom. The molecule has 1 aliphatic rings. The van der Waals surface area contributed by atoms with Gasteiger partial charge in [0.05, 0.1) is 0 Å². The highest BCUT2D eigenvalue weighted by molar-refractivity contribution is 5.78. The molecule has 0 heterocycles. The second-order valence-corrected chi connectivity index (χ2v) is 6.64. The smallest absolute Gasteiger partial charge is 0.223 e. The van der Waals surface area contributed by atoms with Gasteiger partial charge in [-0.25, -0.2) is 0 Å². The standard InChI is InChI=1S/C19H30N2O/c1-2-3-4-15-5-9-17(10-6-15)19(22)21-14-13-16-7-11-18(20)12-8-16/h7-8,11-12,15,17H,2-6,9-10,13-14,20H2,1H3,(H,21,22). The van der Waals surface area contributed by atoms with Gasteiger partial charge in [-0.1, -0.05) is 38.3 Å². The van der Waals surface area contributed by atoms with E-state index in [1.54, 1.807) is 0 Å². The number of rotatable bonds is 7. The highest BCUT2D eigenvalue weighted by Gasteiger charge is 2.25. The lowest BCUT2D eigenvalue weighted by atomic mass is 9.79. The Kier molecular flexibility index (Phi) is 6.75. The van der Waals surface area contributed by atoms with Crippen LogP contribution in [0.15, 0.2) is 24.3 Å². The van der Waals surface area contributed by atoms with E-state index in [9.17, 15) is 4.79 Å². The summed E-state index contributed by atoms with van der Waals surface area (Å²) in [6.07, 6.45) is 9.45. The molecule has 0 bridgehead atoms. The summed E-state index contributed by atoms with van der Waals surface area (Å²) in [5, 5.41) is 3.10. The SMILES string of the molecule is CCCCC1CCC(C(=O)NCCc2ccc(N)cc2)CC1. The summed E-state index contributed by atoms with van der Waals surface area (Å²) in [6, 6.07) is 7.88. The lowest BCUT2D eigenvalue weighted by Gasteiger charge is -2.27. The number of hydrogen-bond acceptors (Lipinski definition) is 2. The molecule has 0 spiro atoms. The molecule has 0 aromatic heterocycles. The molecule has 0 saturated heterocycles. The van der Waals surface area contributed by atoms with E-state index in [0.717, 1.165) is 37.4 Å². The van der Waals surface area contributed by atoms with Crippen molar-refractivity contribution in [2.24, 2.45) is 11.8 Å². The Labute approximate surface area is 134 Å². The number of nitrogens with two attached hydrogens (primary N) is 1. The predicted molar refractivity (Wildman–Crippen MR) is 92.5 cm³/mol. The predicted octanol–water partition coefficient (Wildman–Crippen LogP) is 3.92. The normalized spacial score (nSPS) is 21.5. The number of anilines is 1. The number of benzene rings is 1. The average molecular weight is 302 g/mol. The lowest BCUT2D eigenvalue weighted by molar-refractivity contribution is -0.126. The molecular formula is C19H30N2O. The van der Waals surface area contributed by atoms with E-state index in [0.29, 0.717) is 0 Å². The van der Waals surface area contributed by atoms with Gasteiger partial charge in [-0.05, 0) is 55.7 Å². The molecule has 1 fully saturated rings. The largest absolute Gasteiger partial charge is 0.399 e. The van der Waals surface area contributed by atoms with E-state index in [-0.39, 0.29) is 11.8 Å². The number of nitrogen functional groups attached to an aromatic ring is 1. The van der Waals surface area contributed by atoms with Crippen LogP contribution in [0.4, 0.5) is 5.69 Å². The van der Waals surface area contributed by atoms with Gasteiger partial charge in [-0.3, -0.25) is 4.79 Å². The zero-order valence-electron chi connectivity index (χ0n) is 13.8. The molecule has 0 aliphatic heterocycles. The number of carbonyl (C=O) groups is 1. The van der Waals surface area contributed by atoms with Crippen LogP contribution in [-0.4, -0.2) is 12.5 Å². The van der Waals surface area contributed by atoms with Gasteiger partial charge in [0, 0.05) is 18.2 Å². The molecule has 1 aromatic rings. The van der Waals surface area contributed by atoms with Crippen LogP contribution in [0.3, 0.4) is 0 Å². The second kappa shape index (κ2) is 8.82. The highest BCUT2D eigenvalue weighted by atomic mass is 16.1. The third kappa shape index (κ3) is 5.36. The van der Waals surface area contributed by atoms with Crippen molar-refractivity contribution in [3.63, 3.8) is 0 Å². The first-order valence-corrected chi connectivity index (χ1v) is 8.81. The monoisotopic (exact) mass is 302 g/mol. The molecule has 3 heteroatoms. The zero-order valence-corrected chi connectivity index (χ0v) is 13.8. The molecule has 1 aliphatic carbocycles. The summed E-state index contributed by atoms with van der Waals surface area (Å²) in [5.41, 5.74) is 7.68. The summed E-state index contributed by atoms with van der Waals surface area (Å²) in [4.78, 5) is 12.2. The van der Waals surface area contributed by atoms with Crippen LogP contribution in [0.1, 0.15) is 57.4 Å². The van der Waals surface area contributed by atoms with Crippen molar-refractivity contribution in [3.8, 4) is 0 Å². The Bertz CT molecular complexity index is 447. The fourth-order valence-electron chi connectivity index (χ4n) is 3.36. The number of nitrogens with one attached hydrogen (secondary N) is 1. The maximum absolute atomic E-state index is 12.2. The van der Waals surface area contributed by atoms with Gasteiger partial charge in [0.1, 0.15) is 0 Å². The summed E-state index contributed by atoms with van der Waals surface area (Å²) >= 11 is 0. The van der Waals surface area contributed by atoms with E-state index in [1.807, 2.05) is 24.3 Å². The van der Waals surface area contributed by atoms with Gasteiger partial charge in [-0.15, -0.1) is 0 Å². The maximum Gasteiger partial charge on any atom is 0.223 e. The van der Waals surface area contributed by atoms with Gasteiger partial charge >= 0.3 is 0 Å². The van der Waals surface area contributed by atoms with Crippen LogP contribution >= 0.6 is 0 Å². The molecule has 122 valence electrons. The first-order chi connectivity index (χ1) is 10.7. The van der Waals surface area contributed by atoms with Crippen LogP contribution in [0.5, 0.6) is 0 Å². The van der Waals surface area contributed by atoms with Crippen LogP contribution in [0, 0.1) is 11.8 Å². The Balaban J connectivity index is 1.64. The second-order valence-electron chi connectivity index (χ2n) is 6.64. The maximum atomic E-state index is 12.2. The van der Waals surface area contributed by atoms with Crippen molar-refractivity contribution in [1.29, 1.82) is 0 Å². The van der Waals surface area contributed by atoms with E-state index >= 15 is 0 Å². The van der Waals surface area contributed by atoms with Gasteiger partial charge in [0.15, 0.2) is 0 Å². The topological polar surface area (TPSA) is 55.1 Å². The Hall–Kier alpha value is -1.51. The number of hydrogen-bond donors (Lipinski definition) is 2. The third-order valence-corrected chi connectivity index (χ3v) is 4.88. The lowest BCUT2D eigenvalue weighted by Crippen LogP contribution is -2.34. The molecule has 0 atom stereocenters. The number of carbonyl (C=O) groups excluding carboxylic acids is 1. The summed E-state index contributed by atoms with van der Waals surface area (Å²) in [7, 11) is 0. The van der Waals surface area contributed by atoms with E-state index in [2.05, 4.69) is 12.2 Å². The van der Waals surface area contributed by atoms with Crippen molar-refractivity contribution < 1.29 is 4.79 Å². The molecule has 22 heavy (non-hydrogen) atoms. The first-order valence-electron chi connectivity index (χ1n) is 8.81. The van der Waals surface area contributed by atoms with Crippen molar-refractivity contribution in [2.75, 3.05) is 12.3 Å². The van der Waals surface area contributed by atoms with Crippen LogP contribution < -0.4 is 11.1 Å². The molecule has 1 aromatic carbocycles. The molecular weight excluding hydrogens is 272 g/mol. The van der Waals surface area contributed by atoms with Crippen molar-refractivity contribution in [1.82, 2.24) is 5.32 Å². The summed E-state index contributed by atoms with van der Waals surface area (Å²) in [5.74, 6) is 1.35. The molecule has 3 nitrogen and oxygen atoms in total. The van der Waals surface area contributed by atoms with E-state index < -0.39 is 0 Å². The summed E-state index contributed by atoms with van der Waals surface area (Å²) in [6.45, 7) is 2.97. The van der Waals surface area contributed by atoms with Crippen molar-refractivity contribution in [2.45, 2.75) is 58.3 Å². The third-order valence-electron chi connectivity index (χ3n) is 4.88. The quantitative estimate of drug-likeness (QED) is 0.750. The van der Waals surface area contributed by atoms with Crippen LogP contribution in [0.2, 0.25) is 0 Å².